The largest absolute Gasteiger partial charge is 0.338 e. The third kappa shape index (κ3) is 5.50. The number of likely N-dealkylation sites (N-methyl/N-ethyl adjacent to an activating group) is 1. The van der Waals surface area contributed by atoms with Crippen molar-refractivity contribution in [3.63, 3.8) is 0 Å². The zero-order chi connectivity index (χ0) is 17.6. The highest BCUT2D eigenvalue weighted by molar-refractivity contribution is 6.31. The van der Waals surface area contributed by atoms with Crippen LogP contribution in [0.25, 0.3) is 0 Å². The minimum Gasteiger partial charge on any atom is -0.338 e. The Morgan fingerprint density at radius 1 is 1.43 bits per heavy atom. The Morgan fingerprint density at radius 2 is 2.09 bits per heavy atom. The number of nitrogens with one attached hydrogen (secondary N) is 2. The van der Waals surface area contributed by atoms with Gasteiger partial charge in [0.1, 0.15) is 0 Å². The first-order valence-corrected chi connectivity index (χ1v) is 7.35. The number of halogens is 1. The molecule has 1 rings (SSSR count). The SMILES string of the molecule is CCNC(=O)NC(=O)C(C)N(C)Cc1cc([N+](=O)[O-])ccc1Cl. The first-order chi connectivity index (χ1) is 10.8. The molecule has 0 aliphatic carbocycles. The highest BCUT2D eigenvalue weighted by atomic mass is 35.5. The van der Waals surface area contributed by atoms with Crippen LogP contribution in [0.5, 0.6) is 0 Å². The molecule has 0 saturated heterocycles. The van der Waals surface area contributed by atoms with E-state index >= 15 is 0 Å². The van der Waals surface area contributed by atoms with Crippen LogP contribution in [0.4, 0.5) is 10.5 Å². The molecule has 0 fully saturated rings. The van der Waals surface area contributed by atoms with Crippen LogP contribution >= 0.6 is 11.6 Å². The number of benzene rings is 1. The van der Waals surface area contributed by atoms with E-state index in [1.807, 2.05) is 0 Å². The number of hydrogen-bond donors (Lipinski definition) is 2. The summed E-state index contributed by atoms with van der Waals surface area (Å²) in [5, 5.41) is 15.9. The molecule has 0 aromatic heterocycles. The lowest BCUT2D eigenvalue weighted by atomic mass is 10.1. The van der Waals surface area contributed by atoms with E-state index in [0.29, 0.717) is 17.1 Å². The van der Waals surface area contributed by atoms with Gasteiger partial charge in [0.25, 0.3) is 5.69 Å². The lowest BCUT2D eigenvalue weighted by Gasteiger charge is -2.24. The van der Waals surface area contributed by atoms with Gasteiger partial charge in [-0.3, -0.25) is 25.1 Å². The number of imide groups is 1. The van der Waals surface area contributed by atoms with Crippen molar-refractivity contribution in [2.75, 3.05) is 13.6 Å². The van der Waals surface area contributed by atoms with Crippen LogP contribution in [-0.2, 0) is 11.3 Å². The molecular formula is C14H19ClN4O4. The van der Waals surface area contributed by atoms with Gasteiger partial charge in [-0.15, -0.1) is 0 Å². The third-order valence-electron chi connectivity index (χ3n) is 3.27. The second-order valence-electron chi connectivity index (χ2n) is 4.97. The van der Waals surface area contributed by atoms with Gasteiger partial charge in [0.2, 0.25) is 5.91 Å². The number of carbonyl (C=O) groups is 2. The molecule has 0 saturated carbocycles. The fourth-order valence-corrected chi connectivity index (χ4v) is 2.00. The summed E-state index contributed by atoms with van der Waals surface area (Å²) in [4.78, 5) is 35.3. The van der Waals surface area contributed by atoms with E-state index in [9.17, 15) is 19.7 Å². The summed E-state index contributed by atoms with van der Waals surface area (Å²) >= 11 is 6.04. The van der Waals surface area contributed by atoms with Crippen molar-refractivity contribution < 1.29 is 14.5 Å². The zero-order valence-corrected chi connectivity index (χ0v) is 13.9. The number of nitrogens with zero attached hydrogens (tertiary/aromatic N) is 2. The summed E-state index contributed by atoms with van der Waals surface area (Å²) < 4.78 is 0. The molecular weight excluding hydrogens is 324 g/mol. The molecule has 1 unspecified atom stereocenters. The minimum atomic E-state index is -0.618. The van der Waals surface area contributed by atoms with Crippen LogP contribution in [0.2, 0.25) is 5.02 Å². The molecule has 0 aliphatic rings. The lowest BCUT2D eigenvalue weighted by molar-refractivity contribution is -0.384. The van der Waals surface area contributed by atoms with Gasteiger partial charge < -0.3 is 5.32 Å². The van der Waals surface area contributed by atoms with Crippen LogP contribution in [0.3, 0.4) is 0 Å². The van der Waals surface area contributed by atoms with E-state index in [1.54, 1.807) is 25.8 Å². The van der Waals surface area contributed by atoms with Crippen molar-refractivity contribution in [2.24, 2.45) is 0 Å². The van der Waals surface area contributed by atoms with E-state index in [-0.39, 0.29) is 12.2 Å². The third-order valence-corrected chi connectivity index (χ3v) is 3.64. The van der Waals surface area contributed by atoms with E-state index in [1.165, 1.54) is 18.2 Å². The van der Waals surface area contributed by atoms with Crippen molar-refractivity contribution in [3.05, 3.63) is 38.9 Å². The number of non-ortho nitro benzene ring substituents is 1. The predicted octanol–water partition coefficient (Wildman–Crippen LogP) is 1.91. The monoisotopic (exact) mass is 342 g/mol. The second kappa shape index (κ2) is 8.44. The zero-order valence-electron chi connectivity index (χ0n) is 13.1. The number of carbonyl (C=O) groups excluding carboxylic acids is 2. The normalized spacial score (nSPS) is 11.9. The van der Waals surface area contributed by atoms with Crippen LogP contribution in [0.1, 0.15) is 19.4 Å². The molecule has 23 heavy (non-hydrogen) atoms. The predicted molar refractivity (Wildman–Crippen MR) is 86.3 cm³/mol. The number of amides is 3. The number of hydrogen-bond acceptors (Lipinski definition) is 5. The molecule has 0 bridgehead atoms. The molecule has 1 atom stereocenters. The molecule has 126 valence electrons. The van der Waals surface area contributed by atoms with Crippen molar-refractivity contribution in [1.82, 2.24) is 15.5 Å². The lowest BCUT2D eigenvalue weighted by Crippen LogP contribution is -2.48. The average molecular weight is 343 g/mol. The number of nitro benzene ring substituents is 1. The van der Waals surface area contributed by atoms with Crippen molar-refractivity contribution >= 4 is 29.2 Å². The Balaban J connectivity index is 2.76. The van der Waals surface area contributed by atoms with E-state index in [0.717, 1.165) is 0 Å². The van der Waals surface area contributed by atoms with Gasteiger partial charge in [0.05, 0.1) is 11.0 Å². The second-order valence-corrected chi connectivity index (χ2v) is 5.38. The molecule has 8 nitrogen and oxygen atoms in total. The summed E-state index contributed by atoms with van der Waals surface area (Å²) in [6, 6.07) is 2.95. The Morgan fingerprint density at radius 3 is 2.65 bits per heavy atom. The maximum Gasteiger partial charge on any atom is 0.321 e. The first-order valence-electron chi connectivity index (χ1n) is 6.98. The van der Waals surface area contributed by atoms with Gasteiger partial charge in [-0.25, -0.2) is 4.79 Å². The van der Waals surface area contributed by atoms with Crippen molar-refractivity contribution in [3.8, 4) is 0 Å². The highest BCUT2D eigenvalue weighted by Crippen LogP contribution is 2.23. The molecule has 1 aromatic rings. The molecule has 0 heterocycles. The van der Waals surface area contributed by atoms with Gasteiger partial charge in [0, 0.05) is 30.2 Å². The fourth-order valence-electron chi connectivity index (χ4n) is 1.82. The van der Waals surface area contributed by atoms with Crippen LogP contribution in [0.15, 0.2) is 18.2 Å². The molecule has 0 aliphatic heterocycles. The van der Waals surface area contributed by atoms with E-state index < -0.39 is 22.9 Å². The van der Waals surface area contributed by atoms with Gasteiger partial charge in [-0.05, 0) is 32.5 Å². The van der Waals surface area contributed by atoms with Crippen molar-refractivity contribution in [1.29, 1.82) is 0 Å². The molecule has 9 heteroatoms. The van der Waals surface area contributed by atoms with Crippen LogP contribution in [-0.4, -0.2) is 41.4 Å². The van der Waals surface area contributed by atoms with Gasteiger partial charge in [0.15, 0.2) is 0 Å². The molecule has 1 aromatic carbocycles. The van der Waals surface area contributed by atoms with Gasteiger partial charge in [-0.2, -0.15) is 0 Å². The fraction of sp³-hybridized carbons (Fsp3) is 0.429. The quantitative estimate of drug-likeness (QED) is 0.607. The van der Waals surface area contributed by atoms with Gasteiger partial charge in [-0.1, -0.05) is 11.6 Å². The number of nitro groups is 1. The smallest absolute Gasteiger partial charge is 0.321 e. The molecule has 0 radical (unpaired) electrons. The maximum atomic E-state index is 12.0. The first kappa shape index (κ1) is 18.9. The van der Waals surface area contributed by atoms with E-state index in [4.69, 9.17) is 11.6 Å². The molecule has 2 N–H and O–H groups in total. The summed E-state index contributed by atoms with van der Waals surface area (Å²) in [5.41, 5.74) is 0.457. The Hall–Kier alpha value is -2.19. The minimum absolute atomic E-state index is 0.0720. The van der Waals surface area contributed by atoms with E-state index in [2.05, 4.69) is 10.6 Å². The molecule has 3 amide bonds. The summed E-state index contributed by atoms with van der Waals surface area (Å²) in [6.45, 7) is 4.00. The topological polar surface area (TPSA) is 105 Å². The van der Waals surface area contributed by atoms with Crippen LogP contribution < -0.4 is 10.6 Å². The highest BCUT2D eigenvalue weighted by Gasteiger charge is 2.21. The Kier molecular flexibility index (Phi) is 6.92. The Bertz CT molecular complexity index is 608. The van der Waals surface area contributed by atoms with Gasteiger partial charge >= 0.3 is 6.03 Å². The standard InChI is InChI=1S/C14H19ClN4O4/c1-4-16-14(21)17-13(20)9(2)18(3)8-10-7-11(19(22)23)5-6-12(10)15/h5-7,9H,4,8H2,1-3H3,(H2,16,17,20,21). The summed E-state index contributed by atoms with van der Waals surface area (Å²) in [7, 11) is 1.66. The van der Waals surface area contributed by atoms with Crippen LogP contribution in [0, 0.1) is 10.1 Å². The number of urea groups is 1. The maximum absolute atomic E-state index is 12.0. The Labute approximate surface area is 138 Å². The average Bonchev–Trinajstić information content (AvgIpc) is 2.48. The van der Waals surface area contributed by atoms with Crippen molar-refractivity contribution in [2.45, 2.75) is 26.4 Å². The number of rotatable bonds is 6. The summed E-state index contributed by atoms with van der Waals surface area (Å²) in [6.07, 6.45) is 0. The molecule has 0 spiro atoms. The summed E-state index contributed by atoms with van der Waals surface area (Å²) in [5.74, 6) is -0.472.